The van der Waals surface area contributed by atoms with Crippen molar-refractivity contribution >= 4 is 5.97 Å². The van der Waals surface area contributed by atoms with E-state index in [4.69, 9.17) is 9.84 Å². The number of rotatable bonds is 4. The van der Waals surface area contributed by atoms with Gasteiger partial charge in [-0.25, -0.2) is 0 Å². The average Bonchev–Trinajstić information content (AvgIpc) is 2.41. The molecule has 1 heterocycles. The summed E-state index contributed by atoms with van der Waals surface area (Å²) < 4.78 is 5.22. The van der Waals surface area contributed by atoms with Gasteiger partial charge in [0.05, 0.1) is 13.0 Å². The van der Waals surface area contributed by atoms with Crippen molar-refractivity contribution in [2.24, 2.45) is 5.92 Å². The summed E-state index contributed by atoms with van der Waals surface area (Å²) in [6.45, 7) is 3.58. The molecule has 0 aromatic heterocycles. The molecule has 1 saturated heterocycles. The lowest BCUT2D eigenvalue weighted by molar-refractivity contribution is -0.144. The fourth-order valence-electron chi connectivity index (χ4n) is 2.61. The lowest BCUT2D eigenvalue weighted by atomic mass is 9.93. The molecule has 2 unspecified atom stereocenters. The van der Waals surface area contributed by atoms with E-state index in [-0.39, 0.29) is 5.92 Å². The number of carboxylic acids is 1. The molecule has 0 spiro atoms. The van der Waals surface area contributed by atoms with Gasteiger partial charge in [0.2, 0.25) is 0 Å². The van der Waals surface area contributed by atoms with Gasteiger partial charge in [-0.1, -0.05) is 12.1 Å². The van der Waals surface area contributed by atoms with Gasteiger partial charge in [-0.3, -0.25) is 9.69 Å². The Hall–Kier alpha value is -1.55. The zero-order valence-electron chi connectivity index (χ0n) is 11.5. The molecule has 19 heavy (non-hydrogen) atoms. The van der Waals surface area contributed by atoms with Crippen molar-refractivity contribution in [1.29, 1.82) is 0 Å². The van der Waals surface area contributed by atoms with Crippen LogP contribution in [0.4, 0.5) is 0 Å². The van der Waals surface area contributed by atoms with E-state index >= 15 is 0 Å². The average molecular weight is 263 g/mol. The largest absolute Gasteiger partial charge is 0.497 e. The highest BCUT2D eigenvalue weighted by Gasteiger charge is 2.29. The Balaban J connectivity index is 2.05. The number of benzene rings is 1. The smallest absolute Gasteiger partial charge is 0.307 e. The molecule has 4 nitrogen and oxygen atoms in total. The van der Waals surface area contributed by atoms with Crippen molar-refractivity contribution in [3.05, 3.63) is 29.8 Å². The molecule has 1 N–H and O–H groups in total. The number of hydrogen-bond acceptors (Lipinski definition) is 3. The van der Waals surface area contributed by atoms with Crippen LogP contribution in [0.2, 0.25) is 0 Å². The first-order chi connectivity index (χ1) is 9.10. The van der Waals surface area contributed by atoms with Crippen LogP contribution in [0.15, 0.2) is 24.3 Å². The molecule has 1 aliphatic heterocycles. The van der Waals surface area contributed by atoms with E-state index < -0.39 is 5.97 Å². The van der Waals surface area contributed by atoms with Crippen molar-refractivity contribution in [2.75, 3.05) is 13.7 Å². The lowest BCUT2D eigenvalue weighted by Crippen LogP contribution is -2.43. The third-order valence-corrected chi connectivity index (χ3v) is 3.88. The van der Waals surface area contributed by atoms with Crippen molar-refractivity contribution < 1.29 is 14.6 Å². The van der Waals surface area contributed by atoms with Crippen LogP contribution in [0, 0.1) is 5.92 Å². The highest BCUT2D eigenvalue weighted by atomic mass is 16.5. The molecular weight excluding hydrogens is 242 g/mol. The first-order valence-electron chi connectivity index (χ1n) is 6.70. The standard InChI is InChI=1S/C15H21NO3/c1-11-6-7-13(15(17)18)10-16(11)9-12-4-3-5-14(8-12)19-2/h3-5,8,11,13H,6-7,9-10H2,1-2H3,(H,17,18). The van der Waals surface area contributed by atoms with Crippen LogP contribution >= 0.6 is 0 Å². The minimum Gasteiger partial charge on any atom is -0.497 e. The van der Waals surface area contributed by atoms with E-state index in [1.807, 2.05) is 18.2 Å². The van der Waals surface area contributed by atoms with Crippen molar-refractivity contribution in [3.8, 4) is 5.75 Å². The van der Waals surface area contributed by atoms with Crippen molar-refractivity contribution in [2.45, 2.75) is 32.4 Å². The van der Waals surface area contributed by atoms with Gasteiger partial charge in [0.15, 0.2) is 0 Å². The monoisotopic (exact) mass is 263 g/mol. The molecule has 1 aliphatic rings. The van der Waals surface area contributed by atoms with Crippen molar-refractivity contribution in [1.82, 2.24) is 4.90 Å². The molecule has 4 heteroatoms. The van der Waals surface area contributed by atoms with Crippen molar-refractivity contribution in [3.63, 3.8) is 0 Å². The normalized spacial score (nSPS) is 24.1. The Morgan fingerprint density at radius 1 is 1.47 bits per heavy atom. The summed E-state index contributed by atoms with van der Waals surface area (Å²) >= 11 is 0. The number of aliphatic carboxylic acids is 1. The number of nitrogens with zero attached hydrogens (tertiary/aromatic N) is 1. The molecule has 0 aliphatic carbocycles. The third kappa shape index (κ3) is 3.47. The molecule has 1 aromatic carbocycles. The van der Waals surface area contributed by atoms with Gasteiger partial charge in [-0.05, 0) is 37.5 Å². The Bertz CT molecular complexity index is 447. The second-order valence-corrected chi connectivity index (χ2v) is 5.24. The first kappa shape index (κ1) is 13.9. The second-order valence-electron chi connectivity index (χ2n) is 5.24. The van der Waals surface area contributed by atoms with Gasteiger partial charge in [0.1, 0.15) is 5.75 Å². The molecular formula is C15H21NO3. The van der Waals surface area contributed by atoms with E-state index in [0.717, 1.165) is 30.7 Å². The fourth-order valence-corrected chi connectivity index (χ4v) is 2.61. The molecule has 0 amide bonds. The highest BCUT2D eigenvalue weighted by Crippen LogP contribution is 2.24. The van der Waals surface area contributed by atoms with Gasteiger partial charge < -0.3 is 9.84 Å². The van der Waals surface area contributed by atoms with Crippen LogP contribution in [0.1, 0.15) is 25.3 Å². The Morgan fingerprint density at radius 3 is 2.95 bits per heavy atom. The zero-order chi connectivity index (χ0) is 13.8. The summed E-state index contributed by atoms with van der Waals surface area (Å²) in [5.41, 5.74) is 1.16. The van der Waals surface area contributed by atoms with Crippen LogP contribution in [0.25, 0.3) is 0 Å². The number of ether oxygens (including phenoxy) is 1. The maximum atomic E-state index is 11.1. The topological polar surface area (TPSA) is 49.8 Å². The van der Waals surface area contributed by atoms with Crippen LogP contribution in [0.3, 0.4) is 0 Å². The number of carbonyl (C=O) groups is 1. The summed E-state index contributed by atoms with van der Waals surface area (Å²) in [5.74, 6) is -0.0682. The van der Waals surface area contributed by atoms with Gasteiger partial charge in [-0.2, -0.15) is 0 Å². The van der Waals surface area contributed by atoms with E-state index in [2.05, 4.69) is 17.9 Å². The van der Waals surface area contributed by atoms with Gasteiger partial charge in [0.25, 0.3) is 0 Å². The first-order valence-corrected chi connectivity index (χ1v) is 6.70. The number of methoxy groups -OCH3 is 1. The maximum absolute atomic E-state index is 11.1. The minimum absolute atomic E-state index is 0.234. The molecule has 2 rings (SSSR count). The summed E-state index contributed by atoms with van der Waals surface area (Å²) in [6, 6.07) is 8.39. The summed E-state index contributed by atoms with van der Waals surface area (Å²) in [5, 5.41) is 9.14. The summed E-state index contributed by atoms with van der Waals surface area (Å²) in [7, 11) is 1.66. The van der Waals surface area contributed by atoms with Gasteiger partial charge >= 0.3 is 5.97 Å². The number of carboxylic acid groups (broad SMARTS) is 1. The molecule has 0 bridgehead atoms. The molecule has 0 radical (unpaired) electrons. The Kier molecular flexibility index (Phi) is 4.43. The maximum Gasteiger partial charge on any atom is 0.307 e. The predicted molar refractivity (Wildman–Crippen MR) is 73.2 cm³/mol. The third-order valence-electron chi connectivity index (χ3n) is 3.88. The molecule has 2 atom stereocenters. The molecule has 0 saturated carbocycles. The zero-order valence-corrected chi connectivity index (χ0v) is 11.5. The summed E-state index contributed by atoms with van der Waals surface area (Å²) in [6.07, 6.45) is 1.73. The predicted octanol–water partition coefficient (Wildman–Crippen LogP) is 2.38. The molecule has 104 valence electrons. The Labute approximate surface area is 114 Å². The quantitative estimate of drug-likeness (QED) is 0.906. The summed E-state index contributed by atoms with van der Waals surface area (Å²) in [4.78, 5) is 13.4. The number of piperidine rings is 1. The lowest BCUT2D eigenvalue weighted by Gasteiger charge is -2.36. The highest BCUT2D eigenvalue weighted by molar-refractivity contribution is 5.70. The number of likely N-dealkylation sites (tertiary alicyclic amines) is 1. The van der Waals surface area contributed by atoms with Crippen LogP contribution in [-0.4, -0.2) is 35.7 Å². The SMILES string of the molecule is COc1cccc(CN2CC(C(=O)O)CCC2C)c1. The minimum atomic E-state index is -0.678. The number of hydrogen-bond donors (Lipinski definition) is 1. The molecule has 1 fully saturated rings. The van der Waals surface area contributed by atoms with E-state index in [1.165, 1.54) is 0 Å². The van der Waals surface area contributed by atoms with Crippen LogP contribution < -0.4 is 4.74 Å². The fraction of sp³-hybridized carbons (Fsp3) is 0.533. The van der Waals surface area contributed by atoms with Gasteiger partial charge in [0, 0.05) is 19.1 Å². The molecule has 1 aromatic rings. The van der Waals surface area contributed by atoms with Gasteiger partial charge in [-0.15, -0.1) is 0 Å². The van der Waals surface area contributed by atoms with E-state index in [1.54, 1.807) is 7.11 Å². The second kappa shape index (κ2) is 6.06. The van der Waals surface area contributed by atoms with Crippen LogP contribution in [0.5, 0.6) is 5.75 Å². The van der Waals surface area contributed by atoms with E-state index in [0.29, 0.717) is 12.6 Å². The van der Waals surface area contributed by atoms with E-state index in [9.17, 15) is 4.79 Å². The van der Waals surface area contributed by atoms with Crippen LogP contribution in [-0.2, 0) is 11.3 Å². The Morgan fingerprint density at radius 2 is 2.26 bits per heavy atom.